The molecule has 1 aliphatic heterocycles. The van der Waals surface area contributed by atoms with Crippen molar-refractivity contribution >= 4 is 22.7 Å². The Morgan fingerprint density at radius 3 is 2.62 bits per heavy atom. The number of carbonyl (C=O) groups excluding carboxylic acids is 2. The van der Waals surface area contributed by atoms with E-state index in [4.69, 9.17) is 4.74 Å². The number of rotatable bonds is 3. The number of benzene rings is 2. The quantitative estimate of drug-likeness (QED) is 0.538. The first-order chi connectivity index (χ1) is 15.5. The highest BCUT2D eigenvalue weighted by Gasteiger charge is 2.42. The molecule has 1 aliphatic carbocycles. The Morgan fingerprint density at radius 1 is 1.06 bits per heavy atom. The van der Waals surface area contributed by atoms with Gasteiger partial charge in [-0.25, -0.2) is 4.79 Å². The number of aromatic amines is 1. The van der Waals surface area contributed by atoms with Crippen LogP contribution in [0.25, 0.3) is 10.9 Å². The summed E-state index contributed by atoms with van der Waals surface area (Å²) in [7, 11) is 1.36. The minimum absolute atomic E-state index is 0.0292. The Bertz CT molecular complexity index is 1310. The van der Waals surface area contributed by atoms with Gasteiger partial charge >= 0.3 is 5.97 Å². The van der Waals surface area contributed by atoms with Crippen molar-refractivity contribution in [3.05, 3.63) is 88.4 Å². The number of aromatic hydroxyl groups is 1. The van der Waals surface area contributed by atoms with Crippen molar-refractivity contribution < 1.29 is 19.4 Å². The highest BCUT2D eigenvalue weighted by Crippen LogP contribution is 2.47. The maximum Gasteiger partial charge on any atom is 0.336 e. The van der Waals surface area contributed by atoms with Crippen LogP contribution < -0.4 is 5.32 Å². The molecule has 0 fully saturated rings. The molecule has 2 aliphatic rings. The third-order valence-corrected chi connectivity index (χ3v) is 6.55. The van der Waals surface area contributed by atoms with E-state index in [0.717, 1.165) is 27.7 Å². The molecule has 1 aromatic heterocycles. The van der Waals surface area contributed by atoms with Crippen molar-refractivity contribution in [1.82, 2.24) is 10.3 Å². The molecule has 2 atom stereocenters. The van der Waals surface area contributed by atoms with Gasteiger partial charge in [0.2, 0.25) is 0 Å². The molecule has 0 amide bonds. The van der Waals surface area contributed by atoms with E-state index in [2.05, 4.69) is 10.3 Å². The summed E-state index contributed by atoms with van der Waals surface area (Å²) in [5.41, 5.74) is 5.15. The number of carbonyl (C=O) groups is 2. The van der Waals surface area contributed by atoms with Gasteiger partial charge in [-0.15, -0.1) is 0 Å². The van der Waals surface area contributed by atoms with Gasteiger partial charge in [-0.2, -0.15) is 0 Å². The summed E-state index contributed by atoms with van der Waals surface area (Å²) < 4.78 is 5.11. The van der Waals surface area contributed by atoms with Gasteiger partial charge in [0.1, 0.15) is 5.75 Å². The van der Waals surface area contributed by atoms with Crippen LogP contribution in [0.2, 0.25) is 0 Å². The van der Waals surface area contributed by atoms with Gasteiger partial charge in [0, 0.05) is 52.3 Å². The minimum Gasteiger partial charge on any atom is -0.508 e. The Hall–Kier alpha value is -3.80. The molecule has 2 heterocycles. The molecule has 3 aromatic rings. The van der Waals surface area contributed by atoms with Gasteiger partial charge < -0.3 is 20.1 Å². The van der Waals surface area contributed by atoms with Crippen LogP contribution in [0.1, 0.15) is 42.7 Å². The zero-order valence-corrected chi connectivity index (χ0v) is 17.9. The van der Waals surface area contributed by atoms with Crippen LogP contribution in [0.4, 0.5) is 0 Å². The number of esters is 1. The minimum atomic E-state index is -0.518. The third kappa shape index (κ3) is 3.11. The summed E-state index contributed by atoms with van der Waals surface area (Å²) in [5, 5.41) is 14.6. The average Bonchev–Trinajstić information content (AvgIpc) is 3.27. The van der Waals surface area contributed by atoms with Crippen molar-refractivity contribution in [2.45, 2.75) is 31.6 Å². The van der Waals surface area contributed by atoms with Crippen LogP contribution in [0.15, 0.2) is 77.3 Å². The lowest BCUT2D eigenvalue weighted by Crippen LogP contribution is -2.36. The molecular weight excluding hydrogens is 404 g/mol. The Labute approximate surface area is 185 Å². The van der Waals surface area contributed by atoms with Crippen LogP contribution in [-0.4, -0.2) is 29.0 Å². The number of para-hydroxylation sites is 1. The van der Waals surface area contributed by atoms with E-state index in [-0.39, 0.29) is 23.9 Å². The largest absolute Gasteiger partial charge is 0.508 e. The molecule has 5 rings (SSSR count). The first kappa shape index (κ1) is 20.1. The van der Waals surface area contributed by atoms with Gasteiger partial charge in [-0.05, 0) is 42.7 Å². The average molecular weight is 428 g/mol. The highest BCUT2D eigenvalue weighted by molar-refractivity contribution is 6.05. The van der Waals surface area contributed by atoms with E-state index in [1.54, 1.807) is 12.1 Å². The Kier molecular flexibility index (Phi) is 4.85. The fourth-order valence-electron chi connectivity index (χ4n) is 5.14. The number of Topliss-reactive ketones (excluding diaryl/α,β-unsaturated/α-hetero) is 1. The molecule has 0 saturated heterocycles. The SMILES string of the molecule is COC(=O)C1=C(C)NC2=C(C(=O)C[C@H](c3ccccc3O)C2)[C@@H]1c1cccc2[nH]ccc12. The van der Waals surface area contributed by atoms with Crippen LogP contribution >= 0.6 is 0 Å². The van der Waals surface area contributed by atoms with Crippen LogP contribution in [0.5, 0.6) is 5.75 Å². The van der Waals surface area contributed by atoms with Gasteiger partial charge in [-0.1, -0.05) is 30.3 Å². The molecular formula is C26H24N2O4. The molecule has 0 saturated carbocycles. The van der Waals surface area contributed by atoms with Gasteiger partial charge in [0.15, 0.2) is 5.78 Å². The number of ether oxygens (including phenoxy) is 1. The maximum absolute atomic E-state index is 13.6. The smallest absolute Gasteiger partial charge is 0.336 e. The summed E-state index contributed by atoms with van der Waals surface area (Å²) >= 11 is 0. The fraction of sp³-hybridized carbons (Fsp3) is 0.231. The number of ketones is 1. The van der Waals surface area contributed by atoms with Crippen molar-refractivity contribution in [3.63, 3.8) is 0 Å². The first-order valence-corrected chi connectivity index (χ1v) is 10.7. The molecule has 6 heteroatoms. The molecule has 0 unspecified atom stereocenters. The summed E-state index contributed by atoms with van der Waals surface area (Å²) in [5.74, 6) is -0.934. The normalized spacial score (nSPS) is 20.9. The van der Waals surface area contributed by atoms with Crippen molar-refractivity contribution in [1.29, 1.82) is 0 Å². The van der Waals surface area contributed by atoms with Gasteiger partial charge in [0.05, 0.1) is 12.7 Å². The van der Waals surface area contributed by atoms with Crippen LogP contribution in [-0.2, 0) is 14.3 Å². The number of phenols is 1. The standard InChI is InChI=1S/C26H24N2O4/c1-14-23(26(31)32-2)24(18-7-5-8-19-17(18)10-11-27-19)25-20(28-14)12-15(13-22(25)30)16-6-3-4-9-21(16)29/h3-11,15,24,27-29H,12-13H2,1-2H3/t15-,24-/m1/s1. The van der Waals surface area contributed by atoms with Crippen molar-refractivity contribution in [3.8, 4) is 5.75 Å². The lowest BCUT2D eigenvalue weighted by Gasteiger charge is -2.37. The number of allylic oxidation sites excluding steroid dienone is 3. The number of dihydropyridines is 1. The molecule has 0 spiro atoms. The van der Waals surface area contributed by atoms with Gasteiger partial charge in [0.25, 0.3) is 0 Å². The Balaban J connectivity index is 1.68. The number of phenolic OH excluding ortho intramolecular Hbond substituents is 1. The molecule has 0 bridgehead atoms. The second-order valence-electron chi connectivity index (χ2n) is 8.35. The van der Waals surface area contributed by atoms with Crippen molar-refractivity contribution in [2.24, 2.45) is 0 Å². The van der Waals surface area contributed by atoms with E-state index < -0.39 is 11.9 Å². The molecule has 6 nitrogen and oxygen atoms in total. The number of aromatic nitrogens is 1. The summed E-state index contributed by atoms with van der Waals surface area (Å²) in [4.78, 5) is 29.6. The zero-order valence-electron chi connectivity index (χ0n) is 17.9. The van der Waals surface area contributed by atoms with E-state index >= 15 is 0 Å². The molecule has 2 aromatic carbocycles. The van der Waals surface area contributed by atoms with Crippen molar-refractivity contribution in [2.75, 3.05) is 7.11 Å². The lowest BCUT2D eigenvalue weighted by atomic mass is 9.71. The van der Waals surface area contributed by atoms with Gasteiger partial charge in [-0.3, -0.25) is 4.79 Å². The number of hydrogen-bond donors (Lipinski definition) is 3. The second kappa shape index (κ2) is 7.71. The van der Waals surface area contributed by atoms with Crippen LogP contribution in [0, 0.1) is 0 Å². The first-order valence-electron chi connectivity index (χ1n) is 10.7. The molecule has 162 valence electrons. The zero-order chi connectivity index (χ0) is 22.4. The third-order valence-electron chi connectivity index (χ3n) is 6.55. The number of fused-ring (bicyclic) bond motifs is 1. The molecule has 3 N–H and O–H groups in total. The second-order valence-corrected chi connectivity index (χ2v) is 8.35. The number of methoxy groups -OCH3 is 1. The Morgan fingerprint density at radius 2 is 1.84 bits per heavy atom. The maximum atomic E-state index is 13.6. The predicted molar refractivity (Wildman–Crippen MR) is 121 cm³/mol. The summed E-state index contributed by atoms with van der Waals surface area (Å²) in [6.07, 6.45) is 2.70. The topological polar surface area (TPSA) is 91.4 Å². The van der Waals surface area contributed by atoms with E-state index in [0.29, 0.717) is 23.3 Å². The monoisotopic (exact) mass is 428 g/mol. The fourth-order valence-corrected chi connectivity index (χ4v) is 5.14. The highest BCUT2D eigenvalue weighted by atomic mass is 16.5. The number of H-pyrrole nitrogens is 1. The lowest BCUT2D eigenvalue weighted by molar-refractivity contribution is -0.136. The number of nitrogens with one attached hydrogen (secondary N) is 2. The summed E-state index contributed by atoms with van der Waals surface area (Å²) in [6.45, 7) is 1.84. The van der Waals surface area contributed by atoms with E-state index in [1.807, 2.05) is 49.5 Å². The van der Waals surface area contributed by atoms with E-state index in [1.165, 1.54) is 7.11 Å². The molecule has 32 heavy (non-hydrogen) atoms. The van der Waals surface area contributed by atoms with E-state index in [9.17, 15) is 14.7 Å². The van der Waals surface area contributed by atoms with Crippen LogP contribution in [0.3, 0.4) is 0 Å². The predicted octanol–water partition coefficient (Wildman–Crippen LogP) is 4.41. The number of hydrogen-bond acceptors (Lipinski definition) is 5. The molecule has 0 radical (unpaired) electrons. The summed E-state index contributed by atoms with van der Waals surface area (Å²) in [6, 6.07) is 15.0.